The van der Waals surface area contributed by atoms with Crippen LogP contribution in [0.2, 0.25) is 0 Å². The Hall–Kier alpha value is -1.79. The van der Waals surface area contributed by atoms with Crippen LogP contribution in [0.15, 0.2) is 24.3 Å². The molecule has 1 heterocycles. The minimum atomic E-state index is -0.358. The SMILES string of the molecule is CCC(N)C(c1cccc(F)c1)N1CC(=O)NC(=O)C1. The Morgan fingerprint density at radius 1 is 1.35 bits per heavy atom. The first-order chi connectivity index (χ1) is 9.51. The molecule has 2 amide bonds. The summed E-state index contributed by atoms with van der Waals surface area (Å²) in [6, 6.07) is 5.48. The highest BCUT2D eigenvalue weighted by molar-refractivity contribution is 5.99. The first-order valence-electron chi connectivity index (χ1n) is 6.59. The maximum absolute atomic E-state index is 13.4. The van der Waals surface area contributed by atoms with Crippen LogP contribution < -0.4 is 11.1 Å². The molecule has 0 saturated carbocycles. The molecular formula is C14H18FN3O2. The molecule has 2 atom stereocenters. The van der Waals surface area contributed by atoms with Crippen molar-refractivity contribution in [1.82, 2.24) is 10.2 Å². The molecule has 5 nitrogen and oxygen atoms in total. The summed E-state index contributed by atoms with van der Waals surface area (Å²) in [5, 5.41) is 2.25. The Labute approximate surface area is 116 Å². The Kier molecular flexibility index (Phi) is 4.46. The first-order valence-corrected chi connectivity index (χ1v) is 6.59. The van der Waals surface area contributed by atoms with Crippen molar-refractivity contribution in [2.24, 2.45) is 5.73 Å². The summed E-state index contributed by atoms with van der Waals surface area (Å²) in [5.74, 6) is -1.07. The third kappa shape index (κ3) is 3.20. The monoisotopic (exact) mass is 279 g/mol. The minimum Gasteiger partial charge on any atom is -0.326 e. The maximum Gasteiger partial charge on any atom is 0.240 e. The van der Waals surface area contributed by atoms with Gasteiger partial charge in [-0.25, -0.2) is 4.39 Å². The normalized spacial score (nSPS) is 19.6. The van der Waals surface area contributed by atoms with E-state index in [1.807, 2.05) is 6.92 Å². The molecule has 1 saturated heterocycles. The topological polar surface area (TPSA) is 75.4 Å². The first kappa shape index (κ1) is 14.6. The molecule has 1 aliphatic rings. The number of benzene rings is 1. The van der Waals surface area contributed by atoms with Crippen molar-refractivity contribution < 1.29 is 14.0 Å². The van der Waals surface area contributed by atoms with Crippen LogP contribution in [0.5, 0.6) is 0 Å². The Bertz CT molecular complexity index is 505. The molecule has 0 aromatic heterocycles. The predicted octanol–water partition coefficient (Wildman–Crippen LogP) is 0.562. The van der Waals surface area contributed by atoms with Gasteiger partial charge >= 0.3 is 0 Å². The molecule has 1 aromatic rings. The lowest BCUT2D eigenvalue weighted by Gasteiger charge is -2.36. The minimum absolute atomic E-state index is 0.0839. The molecule has 2 rings (SSSR count). The number of imide groups is 1. The number of nitrogens with one attached hydrogen (secondary N) is 1. The molecule has 20 heavy (non-hydrogen) atoms. The van der Waals surface area contributed by atoms with Gasteiger partial charge in [0.05, 0.1) is 19.1 Å². The van der Waals surface area contributed by atoms with E-state index in [1.54, 1.807) is 17.0 Å². The molecule has 108 valence electrons. The average Bonchev–Trinajstić information content (AvgIpc) is 2.37. The molecule has 1 fully saturated rings. The molecular weight excluding hydrogens is 261 g/mol. The molecule has 0 radical (unpaired) electrons. The van der Waals surface area contributed by atoms with E-state index >= 15 is 0 Å². The summed E-state index contributed by atoms with van der Waals surface area (Å²) in [5.41, 5.74) is 6.80. The largest absolute Gasteiger partial charge is 0.326 e. The van der Waals surface area contributed by atoms with E-state index in [0.29, 0.717) is 12.0 Å². The summed E-state index contributed by atoms with van der Waals surface area (Å²) in [6.45, 7) is 2.09. The van der Waals surface area contributed by atoms with Crippen molar-refractivity contribution in [2.45, 2.75) is 25.4 Å². The van der Waals surface area contributed by atoms with Gasteiger partial charge in [0, 0.05) is 6.04 Å². The van der Waals surface area contributed by atoms with Gasteiger partial charge in [-0.05, 0) is 24.1 Å². The number of carbonyl (C=O) groups excluding carboxylic acids is 2. The molecule has 0 bridgehead atoms. The van der Waals surface area contributed by atoms with Gasteiger partial charge in [-0.1, -0.05) is 19.1 Å². The van der Waals surface area contributed by atoms with Gasteiger partial charge in [-0.15, -0.1) is 0 Å². The zero-order valence-electron chi connectivity index (χ0n) is 11.3. The van der Waals surface area contributed by atoms with Crippen LogP contribution in [0, 0.1) is 5.82 Å². The Morgan fingerprint density at radius 2 is 2.00 bits per heavy atom. The van der Waals surface area contributed by atoms with E-state index in [1.165, 1.54) is 12.1 Å². The van der Waals surface area contributed by atoms with E-state index in [9.17, 15) is 14.0 Å². The number of carbonyl (C=O) groups is 2. The highest BCUT2D eigenvalue weighted by Crippen LogP contribution is 2.26. The third-order valence-corrected chi connectivity index (χ3v) is 3.43. The third-order valence-electron chi connectivity index (χ3n) is 3.43. The van der Waals surface area contributed by atoms with Crippen molar-refractivity contribution in [3.8, 4) is 0 Å². The standard InChI is InChI=1S/C14H18FN3O2/c1-2-11(16)14(9-4-3-5-10(15)6-9)18-7-12(19)17-13(20)8-18/h3-6,11,14H,2,7-8,16H2,1H3,(H,17,19,20). The van der Waals surface area contributed by atoms with Crippen LogP contribution >= 0.6 is 0 Å². The van der Waals surface area contributed by atoms with Gasteiger partial charge in [0.2, 0.25) is 11.8 Å². The van der Waals surface area contributed by atoms with Crippen molar-refractivity contribution >= 4 is 11.8 Å². The summed E-state index contributed by atoms with van der Waals surface area (Å²) < 4.78 is 13.4. The molecule has 3 N–H and O–H groups in total. The van der Waals surface area contributed by atoms with Gasteiger partial charge in [0.25, 0.3) is 0 Å². The van der Waals surface area contributed by atoms with Crippen LogP contribution in [0.25, 0.3) is 0 Å². The fourth-order valence-corrected chi connectivity index (χ4v) is 2.50. The van der Waals surface area contributed by atoms with E-state index in [-0.39, 0.29) is 42.8 Å². The van der Waals surface area contributed by atoms with E-state index in [2.05, 4.69) is 5.32 Å². The number of nitrogens with two attached hydrogens (primary N) is 1. The summed E-state index contributed by atoms with van der Waals surface area (Å²) >= 11 is 0. The Morgan fingerprint density at radius 3 is 2.55 bits per heavy atom. The zero-order valence-corrected chi connectivity index (χ0v) is 11.3. The van der Waals surface area contributed by atoms with Crippen LogP contribution in [-0.2, 0) is 9.59 Å². The number of amides is 2. The number of hydrogen-bond acceptors (Lipinski definition) is 4. The zero-order chi connectivity index (χ0) is 14.7. The van der Waals surface area contributed by atoms with E-state index in [4.69, 9.17) is 5.73 Å². The predicted molar refractivity (Wildman–Crippen MR) is 72.1 cm³/mol. The highest BCUT2D eigenvalue weighted by atomic mass is 19.1. The second kappa shape index (κ2) is 6.11. The van der Waals surface area contributed by atoms with E-state index in [0.717, 1.165) is 0 Å². The summed E-state index contributed by atoms with van der Waals surface area (Å²) in [7, 11) is 0. The van der Waals surface area contributed by atoms with Gasteiger partial charge < -0.3 is 5.73 Å². The number of nitrogens with zero attached hydrogens (tertiary/aromatic N) is 1. The lowest BCUT2D eigenvalue weighted by Crippen LogP contribution is -2.55. The lowest BCUT2D eigenvalue weighted by molar-refractivity contribution is -0.137. The molecule has 1 aromatic carbocycles. The van der Waals surface area contributed by atoms with Crippen LogP contribution in [0.3, 0.4) is 0 Å². The van der Waals surface area contributed by atoms with Gasteiger partial charge in [-0.3, -0.25) is 19.8 Å². The number of rotatable bonds is 4. The highest BCUT2D eigenvalue weighted by Gasteiger charge is 2.32. The molecule has 6 heteroatoms. The fraction of sp³-hybridized carbons (Fsp3) is 0.429. The van der Waals surface area contributed by atoms with Gasteiger partial charge in [0.15, 0.2) is 0 Å². The summed E-state index contributed by atoms with van der Waals surface area (Å²) in [6.07, 6.45) is 0.660. The molecule has 2 unspecified atom stereocenters. The van der Waals surface area contributed by atoms with E-state index < -0.39 is 0 Å². The fourth-order valence-electron chi connectivity index (χ4n) is 2.50. The maximum atomic E-state index is 13.4. The number of hydrogen-bond donors (Lipinski definition) is 2. The van der Waals surface area contributed by atoms with Gasteiger partial charge in [-0.2, -0.15) is 0 Å². The molecule has 0 aliphatic carbocycles. The van der Waals surface area contributed by atoms with Crippen LogP contribution in [0.1, 0.15) is 24.9 Å². The molecule has 0 spiro atoms. The van der Waals surface area contributed by atoms with Crippen molar-refractivity contribution in [2.75, 3.05) is 13.1 Å². The van der Waals surface area contributed by atoms with Crippen LogP contribution in [0.4, 0.5) is 4.39 Å². The average molecular weight is 279 g/mol. The van der Waals surface area contributed by atoms with Gasteiger partial charge in [0.1, 0.15) is 5.82 Å². The summed E-state index contributed by atoms with van der Waals surface area (Å²) in [4.78, 5) is 24.7. The Balaban J connectivity index is 2.32. The number of piperazine rings is 1. The van der Waals surface area contributed by atoms with Crippen LogP contribution in [-0.4, -0.2) is 35.8 Å². The van der Waals surface area contributed by atoms with Crippen molar-refractivity contribution in [3.63, 3.8) is 0 Å². The molecule has 1 aliphatic heterocycles. The number of halogens is 1. The van der Waals surface area contributed by atoms with Crippen molar-refractivity contribution in [3.05, 3.63) is 35.6 Å². The van der Waals surface area contributed by atoms with Crippen molar-refractivity contribution in [1.29, 1.82) is 0 Å². The quantitative estimate of drug-likeness (QED) is 0.790. The lowest BCUT2D eigenvalue weighted by atomic mass is 9.95. The second-order valence-electron chi connectivity index (χ2n) is 4.95. The second-order valence-corrected chi connectivity index (χ2v) is 4.95. The smallest absolute Gasteiger partial charge is 0.240 e.